The molecule has 0 aliphatic carbocycles. The maximum Gasteiger partial charge on any atom is 0.338 e. The van der Waals surface area contributed by atoms with Gasteiger partial charge in [0.05, 0.1) is 18.2 Å². The first-order chi connectivity index (χ1) is 10.0. The second kappa shape index (κ2) is 6.17. The minimum absolute atomic E-state index is 0.251. The molecule has 0 bridgehead atoms. The molecule has 0 saturated heterocycles. The van der Waals surface area contributed by atoms with Gasteiger partial charge in [0.25, 0.3) is 0 Å². The Kier molecular flexibility index (Phi) is 4.33. The van der Waals surface area contributed by atoms with Crippen molar-refractivity contribution in [3.05, 3.63) is 53.2 Å². The summed E-state index contributed by atoms with van der Waals surface area (Å²) in [7, 11) is 1.32. The van der Waals surface area contributed by atoms with E-state index in [2.05, 4.69) is 10.3 Å². The zero-order valence-corrected chi connectivity index (χ0v) is 12.2. The molecule has 2 N–H and O–H groups in total. The lowest BCUT2D eigenvalue weighted by molar-refractivity contribution is 0.0600. The molecule has 1 aromatic carbocycles. The number of hydrogen-bond acceptors (Lipinski definition) is 5. The van der Waals surface area contributed by atoms with Crippen molar-refractivity contribution in [2.75, 3.05) is 12.4 Å². The molecule has 2 aromatic rings. The number of methoxy groups -OCH3 is 1. The topological polar surface area (TPSA) is 75.1 Å². The van der Waals surface area contributed by atoms with E-state index in [1.54, 1.807) is 19.9 Å². The molecule has 21 heavy (non-hydrogen) atoms. The minimum Gasteiger partial charge on any atom is -0.465 e. The summed E-state index contributed by atoms with van der Waals surface area (Å²) in [5.41, 5.74) is 2.57. The number of nitrogens with zero attached hydrogens (tertiary/aromatic N) is 1. The molecule has 0 aliphatic rings. The molecule has 5 nitrogen and oxygen atoms in total. The predicted octanol–water partition coefficient (Wildman–Crippen LogP) is 3.31. The quantitative estimate of drug-likeness (QED) is 0.667. The second-order valence-electron chi connectivity index (χ2n) is 4.64. The highest BCUT2D eigenvalue weighted by atomic mass is 16.5. The Balaban J connectivity index is 2.56. The van der Waals surface area contributed by atoms with E-state index < -0.39 is 5.97 Å². The number of rotatable bonds is 4. The minimum atomic E-state index is -0.474. The van der Waals surface area contributed by atoms with Crippen molar-refractivity contribution in [3.8, 4) is 0 Å². The van der Waals surface area contributed by atoms with Gasteiger partial charge in [-0.05, 0) is 32.0 Å². The van der Waals surface area contributed by atoms with Gasteiger partial charge in [-0.25, -0.2) is 9.78 Å². The lowest BCUT2D eigenvalue weighted by Crippen LogP contribution is -2.13. The van der Waals surface area contributed by atoms with Crippen LogP contribution in [0.5, 0.6) is 0 Å². The number of benzene rings is 1. The van der Waals surface area contributed by atoms with Crippen molar-refractivity contribution in [3.63, 3.8) is 0 Å². The predicted molar refractivity (Wildman–Crippen MR) is 82.5 cm³/mol. The zero-order chi connectivity index (χ0) is 15.4. The number of esters is 1. The normalized spacial score (nSPS) is 10.0. The molecule has 0 saturated carbocycles. The van der Waals surface area contributed by atoms with Crippen molar-refractivity contribution in [1.82, 2.24) is 4.98 Å². The molecule has 5 heteroatoms. The molecular weight excluding hydrogens is 266 g/mol. The molecule has 0 spiro atoms. The Hall–Kier alpha value is -2.69. The van der Waals surface area contributed by atoms with Gasteiger partial charge in [0.15, 0.2) is 0 Å². The SMILES string of the molecule is COC(=O)c1cc(C)nc(Nc2ccccc2)c1C(C)=N. The van der Waals surface area contributed by atoms with Crippen LogP contribution in [-0.2, 0) is 4.74 Å². The summed E-state index contributed by atoms with van der Waals surface area (Å²) < 4.78 is 4.80. The first kappa shape index (κ1) is 14.7. The number of pyridine rings is 1. The maximum atomic E-state index is 11.9. The number of aryl methyl sites for hydroxylation is 1. The Bertz CT molecular complexity index is 681. The number of hydrogen-bond donors (Lipinski definition) is 2. The molecule has 0 unspecified atom stereocenters. The van der Waals surface area contributed by atoms with Crippen LogP contribution in [-0.4, -0.2) is 23.8 Å². The third-order valence-corrected chi connectivity index (χ3v) is 2.96. The summed E-state index contributed by atoms with van der Waals surface area (Å²) in [5, 5.41) is 11.1. The first-order valence-electron chi connectivity index (χ1n) is 6.50. The van der Waals surface area contributed by atoms with Crippen molar-refractivity contribution >= 4 is 23.2 Å². The summed E-state index contributed by atoms with van der Waals surface area (Å²) in [6.07, 6.45) is 0. The van der Waals surface area contributed by atoms with Crippen LogP contribution in [0.15, 0.2) is 36.4 Å². The summed E-state index contributed by atoms with van der Waals surface area (Å²) in [4.78, 5) is 16.3. The van der Waals surface area contributed by atoms with Gasteiger partial charge in [0, 0.05) is 17.1 Å². The molecular formula is C16H17N3O2. The summed E-state index contributed by atoms with van der Waals surface area (Å²) in [5.74, 6) is 0.00677. The fraction of sp³-hybridized carbons (Fsp3) is 0.188. The number of anilines is 2. The van der Waals surface area contributed by atoms with Gasteiger partial charge in [-0.1, -0.05) is 18.2 Å². The lowest BCUT2D eigenvalue weighted by Gasteiger charge is -2.14. The first-order valence-corrected chi connectivity index (χ1v) is 6.50. The molecule has 1 heterocycles. The Labute approximate surface area is 123 Å². The zero-order valence-electron chi connectivity index (χ0n) is 12.2. The number of carbonyl (C=O) groups is 1. The van der Waals surface area contributed by atoms with Crippen LogP contribution in [0, 0.1) is 12.3 Å². The number of ether oxygens (including phenoxy) is 1. The monoisotopic (exact) mass is 283 g/mol. The average Bonchev–Trinajstić information content (AvgIpc) is 2.46. The van der Waals surface area contributed by atoms with E-state index in [0.717, 1.165) is 5.69 Å². The highest BCUT2D eigenvalue weighted by molar-refractivity contribution is 6.10. The summed E-state index contributed by atoms with van der Waals surface area (Å²) >= 11 is 0. The molecule has 0 atom stereocenters. The molecule has 0 fully saturated rings. The van der Waals surface area contributed by atoms with Crippen molar-refractivity contribution in [2.24, 2.45) is 0 Å². The van der Waals surface area contributed by atoms with E-state index in [0.29, 0.717) is 22.6 Å². The number of para-hydroxylation sites is 1. The Morgan fingerprint density at radius 1 is 1.29 bits per heavy atom. The smallest absolute Gasteiger partial charge is 0.338 e. The summed E-state index contributed by atoms with van der Waals surface area (Å²) in [6, 6.07) is 11.1. The van der Waals surface area contributed by atoms with Gasteiger partial charge in [-0.3, -0.25) is 0 Å². The molecule has 1 aromatic heterocycles. The highest BCUT2D eigenvalue weighted by Crippen LogP contribution is 2.24. The molecule has 0 radical (unpaired) electrons. The highest BCUT2D eigenvalue weighted by Gasteiger charge is 2.19. The van der Waals surface area contributed by atoms with E-state index in [1.165, 1.54) is 7.11 Å². The van der Waals surface area contributed by atoms with Crippen molar-refractivity contribution in [1.29, 1.82) is 5.41 Å². The molecule has 108 valence electrons. The van der Waals surface area contributed by atoms with Gasteiger partial charge in [0.2, 0.25) is 0 Å². The van der Waals surface area contributed by atoms with Gasteiger partial charge in [0.1, 0.15) is 5.82 Å². The fourth-order valence-electron chi connectivity index (χ4n) is 2.07. The number of nitrogens with one attached hydrogen (secondary N) is 2. The van der Waals surface area contributed by atoms with Crippen LogP contribution in [0.1, 0.15) is 28.5 Å². The van der Waals surface area contributed by atoms with E-state index >= 15 is 0 Å². The maximum absolute atomic E-state index is 11.9. The van der Waals surface area contributed by atoms with Gasteiger partial charge in [-0.2, -0.15) is 0 Å². The van der Waals surface area contributed by atoms with Crippen LogP contribution in [0.25, 0.3) is 0 Å². The number of aromatic nitrogens is 1. The van der Waals surface area contributed by atoms with Gasteiger partial charge < -0.3 is 15.5 Å². The Morgan fingerprint density at radius 3 is 2.52 bits per heavy atom. The Morgan fingerprint density at radius 2 is 1.95 bits per heavy atom. The standard InChI is InChI=1S/C16H17N3O2/c1-10-9-13(16(20)21-3)14(11(2)17)15(18-10)19-12-7-5-4-6-8-12/h4-9,17H,1-3H3,(H,18,19). The van der Waals surface area contributed by atoms with E-state index in [9.17, 15) is 4.79 Å². The molecule has 0 aliphatic heterocycles. The van der Waals surface area contributed by atoms with Crippen LogP contribution in [0.4, 0.5) is 11.5 Å². The van der Waals surface area contributed by atoms with Gasteiger partial charge in [-0.15, -0.1) is 0 Å². The van der Waals surface area contributed by atoms with Crippen LogP contribution in [0.2, 0.25) is 0 Å². The number of carbonyl (C=O) groups excluding carboxylic acids is 1. The van der Waals surface area contributed by atoms with Crippen LogP contribution in [0.3, 0.4) is 0 Å². The largest absolute Gasteiger partial charge is 0.465 e. The van der Waals surface area contributed by atoms with Crippen LogP contribution < -0.4 is 5.32 Å². The van der Waals surface area contributed by atoms with Crippen molar-refractivity contribution in [2.45, 2.75) is 13.8 Å². The van der Waals surface area contributed by atoms with Gasteiger partial charge >= 0.3 is 5.97 Å². The van der Waals surface area contributed by atoms with E-state index in [-0.39, 0.29) is 5.71 Å². The third-order valence-electron chi connectivity index (χ3n) is 2.96. The van der Waals surface area contributed by atoms with Crippen molar-refractivity contribution < 1.29 is 9.53 Å². The third kappa shape index (κ3) is 3.25. The fourth-order valence-corrected chi connectivity index (χ4v) is 2.07. The second-order valence-corrected chi connectivity index (χ2v) is 4.64. The molecule has 0 amide bonds. The van der Waals surface area contributed by atoms with E-state index in [4.69, 9.17) is 10.1 Å². The van der Waals surface area contributed by atoms with E-state index in [1.807, 2.05) is 30.3 Å². The lowest BCUT2D eigenvalue weighted by atomic mass is 10.0. The van der Waals surface area contributed by atoms with Crippen LogP contribution >= 0.6 is 0 Å². The molecule has 2 rings (SSSR count). The average molecular weight is 283 g/mol. The summed E-state index contributed by atoms with van der Waals surface area (Å²) in [6.45, 7) is 3.42.